The first-order chi connectivity index (χ1) is 10.4. The van der Waals surface area contributed by atoms with Gasteiger partial charge in [-0.25, -0.2) is 17.8 Å². The molecule has 118 valence electrons. The van der Waals surface area contributed by atoms with Crippen LogP contribution in [0.1, 0.15) is 16.8 Å². The Morgan fingerprint density at radius 2 is 1.95 bits per heavy atom. The molecule has 1 N–H and O–H groups in total. The molecule has 1 aromatic heterocycles. The SMILES string of the molecule is Cc1cccc(CS(=O)(=O)NCCn2nc(C)ccc2=O)c1. The van der Waals surface area contributed by atoms with E-state index in [0.717, 1.165) is 11.1 Å². The third-order valence-corrected chi connectivity index (χ3v) is 4.44. The Hall–Kier alpha value is -1.99. The molecule has 0 aliphatic rings. The molecule has 0 spiro atoms. The summed E-state index contributed by atoms with van der Waals surface area (Å²) in [7, 11) is -3.44. The molecule has 2 rings (SSSR count). The van der Waals surface area contributed by atoms with Gasteiger partial charge in [0, 0.05) is 12.6 Å². The summed E-state index contributed by atoms with van der Waals surface area (Å²) in [6.45, 7) is 4.02. The number of aromatic nitrogens is 2. The molecule has 0 aliphatic heterocycles. The van der Waals surface area contributed by atoms with Crippen LogP contribution in [0.2, 0.25) is 0 Å². The Kier molecular flexibility index (Phi) is 5.10. The van der Waals surface area contributed by atoms with Crippen LogP contribution < -0.4 is 10.3 Å². The molecular weight excluding hydrogens is 302 g/mol. The second-order valence-corrected chi connectivity index (χ2v) is 6.99. The van der Waals surface area contributed by atoms with Crippen molar-refractivity contribution in [1.29, 1.82) is 0 Å². The zero-order valence-electron chi connectivity index (χ0n) is 12.6. The van der Waals surface area contributed by atoms with Crippen LogP contribution in [0, 0.1) is 13.8 Å². The number of hydrogen-bond donors (Lipinski definition) is 1. The maximum absolute atomic E-state index is 12.0. The molecule has 7 heteroatoms. The number of aryl methyl sites for hydroxylation is 2. The molecule has 2 aromatic rings. The van der Waals surface area contributed by atoms with Crippen LogP contribution >= 0.6 is 0 Å². The average molecular weight is 321 g/mol. The van der Waals surface area contributed by atoms with E-state index in [9.17, 15) is 13.2 Å². The summed E-state index contributed by atoms with van der Waals surface area (Å²) in [5.74, 6) is -0.0785. The van der Waals surface area contributed by atoms with Gasteiger partial charge in [-0.3, -0.25) is 4.79 Å². The van der Waals surface area contributed by atoms with Gasteiger partial charge in [-0.15, -0.1) is 0 Å². The molecule has 1 aromatic carbocycles. The largest absolute Gasteiger partial charge is 0.268 e. The van der Waals surface area contributed by atoms with E-state index in [2.05, 4.69) is 9.82 Å². The predicted molar refractivity (Wildman–Crippen MR) is 85.0 cm³/mol. The summed E-state index contributed by atoms with van der Waals surface area (Å²) in [6.07, 6.45) is 0. The lowest BCUT2D eigenvalue weighted by atomic mass is 10.2. The van der Waals surface area contributed by atoms with Crippen LogP contribution in [0.3, 0.4) is 0 Å². The fourth-order valence-corrected chi connectivity index (χ4v) is 3.21. The van der Waals surface area contributed by atoms with Gasteiger partial charge in [0.1, 0.15) is 0 Å². The molecule has 0 fully saturated rings. The molecule has 6 nitrogen and oxygen atoms in total. The van der Waals surface area contributed by atoms with Crippen molar-refractivity contribution in [1.82, 2.24) is 14.5 Å². The Balaban J connectivity index is 1.95. The molecule has 0 bridgehead atoms. The van der Waals surface area contributed by atoms with Crippen molar-refractivity contribution in [3.8, 4) is 0 Å². The first-order valence-electron chi connectivity index (χ1n) is 6.93. The van der Waals surface area contributed by atoms with E-state index >= 15 is 0 Å². The first-order valence-corrected chi connectivity index (χ1v) is 8.59. The zero-order chi connectivity index (χ0) is 16.2. The Morgan fingerprint density at radius 3 is 2.68 bits per heavy atom. The lowest BCUT2D eigenvalue weighted by Gasteiger charge is -2.08. The highest BCUT2D eigenvalue weighted by atomic mass is 32.2. The van der Waals surface area contributed by atoms with Gasteiger partial charge in [-0.2, -0.15) is 5.10 Å². The summed E-state index contributed by atoms with van der Waals surface area (Å²) in [4.78, 5) is 11.6. The minimum Gasteiger partial charge on any atom is -0.268 e. The maximum Gasteiger partial charge on any atom is 0.266 e. The van der Waals surface area contributed by atoms with Crippen molar-refractivity contribution in [2.24, 2.45) is 0 Å². The van der Waals surface area contributed by atoms with Crippen molar-refractivity contribution in [2.75, 3.05) is 6.54 Å². The Bertz CT molecular complexity index is 813. The number of benzene rings is 1. The average Bonchev–Trinajstić information content (AvgIpc) is 2.42. The number of nitrogens with zero attached hydrogens (tertiary/aromatic N) is 2. The summed E-state index contributed by atoms with van der Waals surface area (Å²) in [6, 6.07) is 10.4. The highest BCUT2D eigenvalue weighted by molar-refractivity contribution is 7.88. The standard InChI is InChI=1S/C15H19N3O3S/c1-12-4-3-5-14(10-12)11-22(20,21)16-8-9-18-15(19)7-6-13(2)17-18/h3-7,10,16H,8-9,11H2,1-2H3. The Morgan fingerprint density at radius 1 is 1.18 bits per heavy atom. The third-order valence-electron chi connectivity index (χ3n) is 3.08. The smallest absolute Gasteiger partial charge is 0.266 e. The molecule has 0 atom stereocenters. The topological polar surface area (TPSA) is 81.1 Å². The summed E-state index contributed by atoms with van der Waals surface area (Å²) in [5.41, 5.74) is 2.22. The summed E-state index contributed by atoms with van der Waals surface area (Å²) in [5, 5.41) is 4.06. The van der Waals surface area contributed by atoms with E-state index in [1.54, 1.807) is 19.1 Å². The summed E-state index contributed by atoms with van der Waals surface area (Å²) >= 11 is 0. The van der Waals surface area contributed by atoms with Crippen LogP contribution in [0.4, 0.5) is 0 Å². The second kappa shape index (κ2) is 6.85. The van der Waals surface area contributed by atoms with E-state index in [-0.39, 0.29) is 24.4 Å². The number of nitrogens with one attached hydrogen (secondary N) is 1. The molecule has 0 saturated heterocycles. The number of hydrogen-bond acceptors (Lipinski definition) is 4. The van der Waals surface area contributed by atoms with Crippen LogP contribution in [0.5, 0.6) is 0 Å². The van der Waals surface area contributed by atoms with Gasteiger partial charge in [-0.1, -0.05) is 29.8 Å². The lowest BCUT2D eigenvalue weighted by Crippen LogP contribution is -2.32. The molecular formula is C15H19N3O3S. The van der Waals surface area contributed by atoms with Crippen molar-refractivity contribution in [3.63, 3.8) is 0 Å². The van der Waals surface area contributed by atoms with Crippen LogP contribution in [-0.2, 0) is 22.3 Å². The molecule has 0 unspecified atom stereocenters. The maximum atomic E-state index is 12.0. The zero-order valence-corrected chi connectivity index (χ0v) is 13.4. The van der Waals surface area contributed by atoms with Crippen molar-refractivity contribution < 1.29 is 8.42 Å². The van der Waals surface area contributed by atoms with Crippen molar-refractivity contribution >= 4 is 10.0 Å². The normalized spacial score (nSPS) is 11.5. The molecule has 1 heterocycles. The van der Waals surface area contributed by atoms with Gasteiger partial charge in [0.05, 0.1) is 18.0 Å². The van der Waals surface area contributed by atoms with Gasteiger partial charge in [0.25, 0.3) is 5.56 Å². The van der Waals surface area contributed by atoms with Crippen LogP contribution in [-0.4, -0.2) is 24.7 Å². The second-order valence-electron chi connectivity index (χ2n) is 5.18. The molecule has 0 amide bonds. The molecule has 22 heavy (non-hydrogen) atoms. The van der Waals surface area contributed by atoms with Gasteiger partial charge >= 0.3 is 0 Å². The van der Waals surface area contributed by atoms with Crippen molar-refractivity contribution in [3.05, 3.63) is 63.6 Å². The minimum atomic E-state index is -3.44. The minimum absolute atomic E-state index is 0.0785. The quantitative estimate of drug-likeness (QED) is 0.860. The molecule has 0 aliphatic carbocycles. The molecule has 0 radical (unpaired) electrons. The highest BCUT2D eigenvalue weighted by Gasteiger charge is 2.11. The van der Waals surface area contributed by atoms with Gasteiger partial charge < -0.3 is 0 Å². The number of rotatable bonds is 6. The lowest BCUT2D eigenvalue weighted by molar-refractivity contribution is 0.543. The van der Waals surface area contributed by atoms with Gasteiger partial charge in [-0.05, 0) is 25.5 Å². The summed E-state index contributed by atoms with van der Waals surface area (Å²) < 4.78 is 27.8. The van der Waals surface area contributed by atoms with E-state index in [4.69, 9.17) is 0 Å². The van der Waals surface area contributed by atoms with Gasteiger partial charge in [0.15, 0.2) is 0 Å². The fraction of sp³-hybridized carbons (Fsp3) is 0.333. The number of sulfonamides is 1. The van der Waals surface area contributed by atoms with Gasteiger partial charge in [0.2, 0.25) is 10.0 Å². The monoisotopic (exact) mass is 321 g/mol. The van der Waals surface area contributed by atoms with Crippen molar-refractivity contribution in [2.45, 2.75) is 26.1 Å². The highest BCUT2D eigenvalue weighted by Crippen LogP contribution is 2.07. The van der Waals surface area contributed by atoms with E-state index in [0.29, 0.717) is 5.69 Å². The first kappa shape index (κ1) is 16.4. The fourth-order valence-electron chi connectivity index (χ4n) is 2.09. The predicted octanol–water partition coefficient (Wildman–Crippen LogP) is 0.980. The van der Waals surface area contributed by atoms with E-state index in [1.165, 1.54) is 10.7 Å². The van der Waals surface area contributed by atoms with Crippen LogP contribution in [0.25, 0.3) is 0 Å². The van der Waals surface area contributed by atoms with E-state index < -0.39 is 10.0 Å². The van der Waals surface area contributed by atoms with Crippen LogP contribution in [0.15, 0.2) is 41.2 Å². The van der Waals surface area contributed by atoms with E-state index in [1.807, 2.05) is 25.1 Å². The third kappa shape index (κ3) is 4.78. The Labute approximate surface area is 129 Å². The molecule has 0 saturated carbocycles.